The largest absolute Gasteiger partial charge is 0.351 e. The highest BCUT2D eigenvalue weighted by atomic mass is 35.5. The van der Waals surface area contributed by atoms with E-state index < -0.39 is 10.0 Å². The SMILES string of the molecule is O=C(NCCS(=O)(=O)N1CCN(CCc2ccccc2)CC1)c1ccc(Cl)cc1. The number of halogens is 1. The molecule has 8 heteroatoms. The van der Waals surface area contributed by atoms with Crippen molar-refractivity contribution >= 4 is 27.5 Å². The topological polar surface area (TPSA) is 69.7 Å². The fourth-order valence-corrected chi connectivity index (χ4v) is 4.75. The monoisotopic (exact) mass is 435 g/mol. The summed E-state index contributed by atoms with van der Waals surface area (Å²) in [6.07, 6.45) is 0.963. The van der Waals surface area contributed by atoms with Gasteiger partial charge in [-0.3, -0.25) is 4.79 Å². The molecule has 1 aliphatic heterocycles. The first-order valence-corrected chi connectivity index (χ1v) is 11.7. The Balaban J connectivity index is 1.40. The molecule has 0 aromatic heterocycles. The number of hydrogen-bond donors (Lipinski definition) is 1. The quantitative estimate of drug-likeness (QED) is 0.690. The van der Waals surface area contributed by atoms with Crippen LogP contribution in [-0.2, 0) is 16.4 Å². The van der Waals surface area contributed by atoms with E-state index in [4.69, 9.17) is 11.6 Å². The first kappa shape index (κ1) is 21.8. The van der Waals surface area contributed by atoms with Gasteiger partial charge in [0.1, 0.15) is 0 Å². The second kappa shape index (κ2) is 10.2. The van der Waals surface area contributed by atoms with Crippen LogP contribution in [0.1, 0.15) is 15.9 Å². The second-order valence-electron chi connectivity index (χ2n) is 7.06. The van der Waals surface area contributed by atoms with Crippen molar-refractivity contribution in [2.75, 3.05) is 45.0 Å². The summed E-state index contributed by atoms with van der Waals surface area (Å²) in [5, 5.41) is 3.21. The Morgan fingerprint density at radius 3 is 2.28 bits per heavy atom. The van der Waals surface area contributed by atoms with Gasteiger partial charge in [0.05, 0.1) is 5.75 Å². The maximum absolute atomic E-state index is 12.6. The predicted octanol–water partition coefficient (Wildman–Crippen LogP) is 2.26. The smallest absolute Gasteiger partial charge is 0.251 e. The van der Waals surface area contributed by atoms with Crippen LogP contribution in [0, 0.1) is 0 Å². The Morgan fingerprint density at radius 1 is 0.966 bits per heavy atom. The van der Waals surface area contributed by atoms with Gasteiger partial charge in [0, 0.05) is 49.9 Å². The third-order valence-corrected chi connectivity index (χ3v) is 7.16. The lowest BCUT2D eigenvalue weighted by atomic mass is 10.1. The molecule has 0 spiro atoms. The molecule has 29 heavy (non-hydrogen) atoms. The summed E-state index contributed by atoms with van der Waals surface area (Å²) >= 11 is 5.81. The highest BCUT2D eigenvalue weighted by Crippen LogP contribution is 2.11. The van der Waals surface area contributed by atoms with E-state index in [1.165, 1.54) is 9.87 Å². The van der Waals surface area contributed by atoms with Crippen LogP contribution in [0.15, 0.2) is 54.6 Å². The molecule has 2 aromatic rings. The van der Waals surface area contributed by atoms with Crippen molar-refractivity contribution in [1.29, 1.82) is 0 Å². The summed E-state index contributed by atoms with van der Waals surface area (Å²) in [5.74, 6) is -0.404. The predicted molar refractivity (Wildman–Crippen MR) is 116 cm³/mol. The molecule has 0 bridgehead atoms. The number of amides is 1. The van der Waals surface area contributed by atoms with Crippen molar-refractivity contribution in [2.45, 2.75) is 6.42 Å². The number of hydrogen-bond acceptors (Lipinski definition) is 4. The van der Waals surface area contributed by atoms with E-state index in [9.17, 15) is 13.2 Å². The van der Waals surface area contributed by atoms with Crippen LogP contribution in [0.25, 0.3) is 0 Å². The molecule has 3 rings (SSSR count). The van der Waals surface area contributed by atoms with Crippen LogP contribution in [0.3, 0.4) is 0 Å². The number of nitrogens with one attached hydrogen (secondary N) is 1. The van der Waals surface area contributed by atoms with E-state index in [1.54, 1.807) is 24.3 Å². The first-order valence-electron chi connectivity index (χ1n) is 9.72. The lowest BCUT2D eigenvalue weighted by Crippen LogP contribution is -2.50. The number of piperazine rings is 1. The van der Waals surface area contributed by atoms with Gasteiger partial charge in [-0.05, 0) is 36.2 Å². The van der Waals surface area contributed by atoms with Gasteiger partial charge in [0.15, 0.2) is 0 Å². The lowest BCUT2D eigenvalue weighted by Gasteiger charge is -2.34. The van der Waals surface area contributed by atoms with Gasteiger partial charge >= 0.3 is 0 Å². The van der Waals surface area contributed by atoms with Gasteiger partial charge in [0.2, 0.25) is 10.0 Å². The maximum Gasteiger partial charge on any atom is 0.251 e. The maximum atomic E-state index is 12.6. The number of carbonyl (C=O) groups is 1. The molecular formula is C21H26ClN3O3S. The second-order valence-corrected chi connectivity index (χ2v) is 9.58. The van der Waals surface area contributed by atoms with E-state index in [2.05, 4.69) is 22.3 Å². The lowest BCUT2D eigenvalue weighted by molar-refractivity contribution is 0.0956. The van der Waals surface area contributed by atoms with E-state index in [0.717, 1.165) is 26.1 Å². The first-order chi connectivity index (χ1) is 13.9. The van der Waals surface area contributed by atoms with Gasteiger partial charge < -0.3 is 10.2 Å². The number of nitrogens with zero attached hydrogens (tertiary/aromatic N) is 2. The Bertz CT molecular complexity index is 897. The van der Waals surface area contributed by atoms with E-state index in [0.29, 0.717) is 23.7 Å². The zero-order valence-corrected chi connectivity index (χ0v) is 17.8. The van der Waals surface area contributed by atoms with E-state index >= 15 is 0 Å². The zero-order valence-electron chi connectivity index (χ0n) is 16.3. The number of sulfonamides is 1. The van der Waals surface area contributed by atoms with Crippen molar-refractivity contribution < 1.29 is 13.2 Å². The summed E-state index contributed by atoms with van der Waals surface area (Å²) < 4.78 is 26.7. The molecule has 1 aliphatic rings. The Labute approximate surface area is 177 Å². The summed E-state index contributed by atoms with van der Waals surface area (Å²) in [5.41, 5.74) is 1.75. The normalized spacial score (nSPS) is 15.9. The average Bonchev–Trinajstić information content (AvgIpc) is 2.73. The molecule has 156 valence electrons. The molecule has 0 unspecified atom stereocenters. The molecule has 0 aliphatic carbocycles. The van der Waals surface area contributed by atoms with Gasteiger partial charge in [0.25, 0.3) is 5.91 Å². The number of benzene rings is 2. The highest BCUT2D eigenvalue weighted by Gasteiger charge is 2.26. The van der Waals surface area contributed by atoms with Crippen LogP contribution < -0.4 is 5.32 Å². The van der Waals surface area contributed by atoms with Crippen LogP contribution in [0.5, 0.6) is 0 Å². The molecule has 0 radical (unpaired) electrons. The average molecular weight is 436 g/mol. The van der Waals surface area contributed by atoms with Crippen LogP contribution >= 0.6 is 11.6 Å². The van der Waals surface area contributed by atoms with Crippen molar-refractivity contribution in [1.82, 2.24) is 14.5 Å². The van der Waals surface area contributed by atoms with Crippen molar-refractivity contribution in [3.63, 3.8) is 0 Å². The summed E-state index contributed by atoms with van der Waals surface area (Å²) in [6.45, 7) is 3.43. The molecule has 2 aromatic carbocycles. The zero-order chi connectivity index (χ0) is 20.7. The van der Waals surface area contributed by atoms with Crippen LogP contribution in [0.4, 0.5) is 0 Å². The molecule has 1 N–H and O–H groups in total. The molecular weight excluding hydrogens is 410 g/mol. The minimum Gasteiger partial charge on any atom is -0.351 e. The molecule has 6 nitrogen and oxygen atoms in total. The molecule has 0 saturated carbocycles. The molecule has 1 saturated heterocycles. The minimum atomic E-state index is -3.39. The Kier molecular flexibility index (Phi) is 7.66. The summed E-state index contributed by atoms with van der Waals surface area (Å²) in [6, 6.07) is 16.8. The van der Waals surface area contributed by atoms with Crippen molar-refractivity contribution in [3.05, 3.63) is 70.7 Å². The third kappa shape index (κ3) is 6.54. The van der Waals surface area contributed by atoms with E-state index in [-0.39, 0.29) is 18.2 Å². The third-order valence-electron chi connectivity index (χ3n) is 5.04. The van der Waals surface area contributed by atoms with Crippen molar-refractivity contribution in [3.8, 4) is 0 Å². The highest BCUT2D eigenvalue weighted by molar-refractivity contribution is 7.89. The Hall–Kier alpha value is -1.93. The molecule has 1 amide bonds. The summed E-state index contributed by atoms with van der Waals surface area (Å²) in [4.78, 5) is 14.4. The van der Waals surface area contributed by atoms with Crippen LogP contribution in [0.2, 0.25) is 5.02 Å². The van der Waals surface area contributed by atoms with Gasteiger partial charge in [-0.2, -0.15) is 4.31 Å². The minimum absolute atomic E-state index is 0.0814. The number of rotatable bonds is 8. The van der Waals surface area contributed by atoms with Gasteiger partial charge in [-0.15, -0.1) is 0 Å². The van der Waals surface area contributed by atoms with Gasteiger partial charge in [-0.25, -0.2) is 8.42 Å². The van der Waals surface area contributed by atoms with Gasteiger partial charge in [-0.1, -0.05) is 41.9 Å². The van der Waals surface area contributed by atoms with E-state index in [1.807, 2.05) is 18.2 Å². The standard InChI is InChI=1S/C21H26ClN3O3S/c22-20-8-6-19(7-9-20)21(26)23-11-17-29(27,28)25-15-13-24(14-16-25)12-10-18-4-2-1-3-5-18/h1-9H,10-17H2,(H,23,26). The molecule has 0 atom stereocenters. The number of carbonyl (C=O) groups excluding carboxylic acids is 1. The fourth-order valence-electron chi connectivity index (χ4n) is 3.29. The van der Waals surface area contributed by atoms with Crippen molar-refractivity contribution in [2.24, 2.45) is 0 Å². The van der Waals surface area contributed by atoms with Crippen LogP contribution in [-0.4, -0.2) is 68.6 Å². The summed E-state index contributed by atoms with van der Waals surface area (Å²) in [7, 11) is -3.39. The fraction of sp³-hybridized carbons (Fsp3) is 0.381. The molecule has 1 fully saturated rings. The Morgan fingerprint density at radius 2 is 1.62 bits per heavy atom. The molecule has 1 heterocycles.